The van der Waals surface area contributed by atoms with E-state index in [1.807, 2.05) is 16.8 Å². The molecule has 0 aromatic carbocycles. The average molecular weight is 350 g/mol. The smallest absolute Gasteiger partial charge is 0.240 e. The van der Waals surface area contributed by atoms with Crippen LogP contribution < -0.4 is 0 Å². The van der Waals surface area contributed by atoms with Gasteiger partial charge in [0.25, 0.3) is 0 Å². The minimum atomic E-state index is 0.0519. The molecule has 7 nitrogen and oxygen atoms in total. The topological polar surface area (TPSA) is 56.3 Å². The highest BCUT2D eigenvalue weighted by atomic mass is 16.5. The summed E-state index contributed by atoms with van der Waals surface area (Å²) >= 11 is 0. The van der Waals surface area contributed by atoms with E-state index in [-0.39, 0.29) is 23.8 Å². The molecule has 7 heteroatoms. The molecule has 2 unspecified atom stereocenters. The Morgan fingerprint density at radius 2 is 1.60 bits per heavy atom. The molecule has 0 radical (unpaired) electrons. The van der Waals surface area contributed by atoms with E-state index in [1.165, 1.54) is 0 Å². The molecule has 25 heavy (non-hydrogen) atoms. The van der Waals surface area contributed by atoms with Gasteiger partial charge in [-0.25, -0.2) is 0 Å². The first-order valence-electron chi connectivity index (χ1n) is 9.73. The van der Waals surface area contributed by atoms with Crippen LogP contribution in [0, 0.1) is 5.92 Å². The van der Waals surface area contributed by atoms with Gasteiger partial charge in [0.15, 0.2) is 0 Å². The molecule has 4 fully saturated rings. The fourth-order valence-electron chi connectivity index (χ4n) is 4.62. The summed E-state index contributed by atoms with van der Waals surface area (Å²) in [6.07, 6.45) is 3.17. The van der Waals surface area contributed by atoms with E-state index in [2.05, 4.69) is 9.80 Å². The lowest BCUT2D eigenvalue weighted by molar-refractivity contribution is -0.148. The number of amides is 2. The maximum atomic E-state index is 12.7. The van der Waals surface area contributed by atoms with Gasteiger partial charge in [-0.15, -0.1) is 0 Å². The van der Waals surface area contributed by atoms with Crippen LogP contribution in [-0.4, -0.2) is 110 Å². The number of likely N-dealkylation sites (N-methyl/N-ethyl adjacent to an activating group) is 1. The molecule has 4 aliphatic rings. The van der Waals surface area contributed by atoms with Crippen molar-refractivity contribution in [2.45, 2.75) is 31.3 Å². The number of nitrogens with zero attached hydrogens (tertiary/aromatic N) is 4. The van der Waals surface area contributed by atoms with Crippen molar-refractivity contribution in [1.82, 2.24) is 19.6 Å². The van der Waals surface area contributed by atoms with Gasteiger partial charge in [0.2, 0.25) is 11.8 Å². The van der Waals surface area contributed by atoms with Crippen molar-refractivity contribution in [3.8, 4) is 0 Å². The van der Waals surface area contributed by atoms with Gasteiger partial charge in [0, 0.05) is 51.9 Å². The highest BCUT2D eigenvalue weighted by molar-refractivity contribution is 5.83. The normalized spacial score (nSPS) is 32.2. The van der Waals surface area contributed by atoms with Crippen LogP contribution in [0.3, 0.4) is 0 Å². The van der Waals surface area contributed by atoms with Crippen LogP contribution in [0.1, 0.15) is 19.3 Å². The Bertz CT molecular complexity index is 508. The van der Waals surface area contributed by atoms with Gasteiger partial charge in [-0.3, -0.25) is 19.4 Å². The summed E-state index contributed by atoms with van der Waals surface area (Å²) < 4.78 is 5.43. The molecule has 0 aliphatic carbocycles. The van der Waals surface area contributed by atoms with Gasteiger partial charge in [-0.2, -0.15) is 0 Å². The SMILES string of the molecule is CN1CCCC1C(=O)N1CCN(C(=O)C2CN(C3CCOC3)C2)CC1. The van der Waals surface area contributed by atoms with Gasteiger partial charge in [0.05, 0.1) is 18.6 Å². The Morgan fingerprint density at radius 1 is 0.920 bits per heavy atom. The van der Waals surface area contributed by atoms with Gasteiger partial charge < -0.3 is 14.5 Å². The van der Waals surface area contributed by atoms with Crippen LogP contribution in [0.25, 0.3) is 0 Å². The fraction of sp³-hybridized carbons (Fsp3) is 0.889. The lowest BCUT2D eigenvalue weighted by Crippen LogP contribution is -2.61. The monoisotopic (exact) mass is 350 g/mol. The molecule has 0 spiro atoms. The maximum Gasteiger partial charge on any atom is 0.240 e. The maximum absolute atomic E-state index is 12.7. The number of carbonyl (C=O) groups is 2. The molecule has 4 saturated heterocycles. The Balaban J connectivity index is 1.22. The molecule has 4 rings (SSSR count). The molecule has 0 N–H and O–H groups in total. The molecule has 4 heterocycles. The quantitative estimate of drug-likeness (QED) is 0.685. The standard InChI is InChI=1S/C18H30N4O3/c1-19-5-2-3-16(19)18(24)21-8-6-20(7-9-21)17(23)14-11-22(12-14)15-4-10-25-13-15/h14-16H,2-13H2,1H3. The first-order chi connectivity index (χ1) is 12.1. The van der Waals surface area contributed by atoms with E-state index in [1.54, 1.807) is 0 Å². The van der Waals surface area contributed by atoms with Gasteiger partial charge in [-0.05, 0) is 32.9 Å². The molecule has 0 aromatic rings. The van der Waals surface area contributed by atoms with Crippen molar-refractivity contribution in [3.63, 3.8) is 0 Å². The Morgan fingerprint density at radius 3 is 2.16 bits per heavy atom. The zero-order valence-electron chi connectivity index (χ0n) is 15.2. The van der Waals surface area contributed by atoms with Crippen molar-refractivity contribution in [3.05, 3.63) is 0 Å². The number of likely N-dealkylation sites (tertiary alicyclic amines) is 2. The van der Waals surface area contributed by atoms with E-state index >= 15 is 0 Å². The van der Waals surface area contributed by atoms with Crippen LogP contribution in [0.2, 0.25) is 0 Å². The molecule has 4 aliphatic heterocycles. The van der Waals surface area contributed by atoms with Crippen molar-refractivity contribution in [2.75, 3.05) is 66.1 Å². The number of rotatable bonds is 3. The molecule has 2 atom stereocenters. The summed E-state index contributed by atoms with van der Waals surface area (Å²) in [5, 5.41) is 0. The summed E-state index contributed by atoms with van der Waals surface area (Å²) in [5.41, 5.74) is 0. The first kappa shape index (κ1) is 17.2. The number of piperazine rings is 1. The summed E-state index contributed by atoms with van der Waals surface area (Å²) in [4.78, 5) is 33.8. The predicted octanol–water partition coefficient (Wildman–Crippen LogP) is -0.528. The molecular weight excluding hydrogens is 320 g/mol. The summed E-state index contributed by atoms with van der Waals surface area (Å²) in [7, 11) is 2.03. The Hall–Kier alpha value is -1.18. The molecule has 0 aromatic heterocycles. The van der Waals surface area contributed by atoms with Crippen LogP contribution in [0.5, 0.6) is 0 Å². The van der Waals surface area contributed by atoms with Crippen molar-refractivity contribution in [2.24, 2.45) is 5.92 Å². The van der Waals surface area contributed by atoms with E-state index in [9.17, 15) is 9.59 Å². The lowest BCUT2D eigenvalue weighted by atomic mass is 9.95. The highest BCUT2D eigenvalue weighted by Crippen LogP contribution is 2.25. The van der Waals surface area contributed by atoms with E-state index in [0.717, 1.165) is 52.1 Å². The lowest BCUT2D eigenvalue weighted by Gasteiger charge is -2.45. The third kappa shape index (κ3) is 3.41. The second kappa shape index (κ2) is 7.21. The number of ether oxygens (including phenoxy) is 1. The van der Waals surface area contributed by atoms with E-state index in [4.69, 9.17) is 4.74 Å². The van der Waals surface area contributed by atoms with Crippen LogP contribution in [0.15, 0.2) is 0 Å². The molecule has 0 bridgehead atoms. The van der Waals surface area contributed by atoms with Gasteiger partial charge in [0.1, 0.15) is 0 Å². The van der Waals surface area contributed by atoms with Crippen molar-refractivity contribution >= 4 is 11.8 Å². The molecule has 140 valence electrons. The first-order valence-corrected chi connectivity index (χ1v) is 9.73. The zero-order valence-corrected chi connectivity index (χ0v) is 15.2. The number of hydrogen-bond acceptors (Lipinski definition) is 5. The van der Waals surface area contributed by atoms with Gasteiger partial charge in [-0.1, -0.05) is 0 Å². The fourth-order valence-corrected chi connectivity index (χ4v) is 4.62. The predicted molar refractivity (Wildman–Crippen MR) is 93.1 cm³/mol. The number of hydrogen-bond donors (Lipinski definition) is 0. The third-order valence-corrected chi connectivity index (χ3v) is 6.39. The van der Waals surface area contributed by atoms with Crippen molar-refractivity contribution in [1.29, 1.82) is 0 Å². The molecule has 2 amide bonds. The Labute approximate surface area is 149 Å². The number of carbonyl (C=O) groups excluding carboxylic acids is 2. The summed E-state index contributed by atoms with van der Waals surface area (Å²) in [6.45, 7) is 7.16. The minimum absolute atomic E-state index is 0.0519. The third-order valence-electron chi connectivity index (χ3n) is 6.39. The highest BCUT2D eigenvalue weighted by Gasteiger charge is 2.41. The molecular formula is C18H30N4O3. The second-order valence-corrected chi connectivity index (χ2v) is 7.96. The second-order valence-electron chi connectivity index (χ2n) is 7.96. The Kier molecular flexibility index (Phi) is 4.97. The van der Waals surface area contributed by atoms with Gasteiger partial charge >= 0.3 is 0 Å². The molecule has 0 saturated carbocycles. The van der Waals surface area contributed by atoms with E-state index < -0.39 is 0 Å². The summed E-state index contributed by atoms with van der Waals surface area (Å²) in [5.74, 6) is 0.673. The van der Waals surface area contributed by atoms with Crippen LogP contribution >= 0.6 is 0 Å². The minimum Gasteiger partial charge on any atom is -0.380 e. The zero-order chi connectivity index (χ0) is 17.4. The average Bonchev–Trinajstić information content (AvgIpc) is 3.25. The van der Waals surface area contributed by atoms with Crippen molar-refractivity contribution < 1.29 is 14.3 Å². The van der Waals surface area contributed by atoms with Crippen LogP contribution in [0.4, 0.5) is 0 Å². The van der Waals surface area contributed by atoms with Crippen LogP contribution in [-0.2, 0) is 14.3 Å². The summed E-state index contributed by atoms with van der Waals surface area (Å²) in [6, 6.07) is 0.568. The largest absolute Gasteiger partial charge is 0.380 e. The van der Waals surface area contributed by atoms with E-state index in [0.29, 0.717) is 32.2 Å².